The minimum absolute atomic E-state index is 0.00586. The Bertz CT molecular complexity index is 695. The van der Waals surface area contributed by atoms with Gasteiger partial charge >= 0.3 is 17.5 Å². The lowest BCUT2D eigenvalue weighted by Gasteiger charge is -2.27. The van der Waals surface area contributed by atoms with Crippen molar-refractivity contribution in [1.82, 2.24) is 5.32 Å². The topological polar surface area (TPSA) is 76.7 Å². The zero-order valence-electron chi connectivity index (χ0n) is 17.3. The van der Waals surface area contributed by atoms with Gasteiger partial charge in [-0.05, 0) is 77.6 Å². The average molecular weight is 436 g/mol. The minimum atomic E-state index is -4.39. The lowest BCUT2D eigenvalue weighted by Crippen LogP contribution is -2.49. The van der Waals surface area contributed by atoms with Crippen molar-refractivity contribution < 1.29 is 32.2 Å². The van der Waals surface area contributed by atoms with Crippen LogP contribution in [0.4, 0.5) is 23.7 Å². The molecule has 29 heavy (non-hydrogen) atoms. The lowest BCUT2D eigenvalue weighted by atomic mass is 10.1. The average Bonchev–Trinajstić information content (AvgIpc) is 2.49. The molecule has 1 aromatic carbocycles. The molecule has 0 fully saturated rings. The molecule has 2 N–H and O–H groups in total. The summed E-state index contributed by atoms with van der Waals surface area (Å²) in [4.78, 5) is 24.6. The first-order chi connectivity index (χ1) is 13.0. The summed E-state index contributed by atoms with van der Waals surface area (Å²) in [6, 6.07) is 3.37. The molecule has 0 spiro atoms. The molecule has 0 aliphatic carbocycles. The number of esters is 1. The van der Waals surface area contributed by atoms with Gasteiger partial charge in [0.1, 0.15) is 5.60 Å². The van der Waals surface area contributed by atoms with E-state index in [2.05, 4.69) is 10.6 Å². The maximum Gasteiger partial charge on any atom is 0.446 e. The number of anilines is 1. The molecule has 2 amide bonds. The third-order valence-corrected chi connectivity index (χ3v) is 3.76. The van der Waals surface area contributed by atoms with Gasteiger partial charge in [0.05, 0.1) is 12.2 Å². The van der Waals surface area contributed by atoms with Gasteiger partial charge in [0, 0.05) is 10.6 Å². The van der Waals surface area contributed by atoms with Crippen LogP contribution < -0.4 is 10.6 Å². The van der Waals surface area contributed by atoms with E-state index in [-0.39, 0.29) is 29.0 Å². The Labute approximate surface area is 172 Å². The van der Waals surface area contributed by atoms with Crippen LogP contribution in [0.25, 0.3) is 0 Å². The molecular formula is C19H27F3N2O4S. The number of carbonyl (C=O) groups excluding carboxylic acids is 2. The number of thioether (sulfide) groups is 1. The van der Waals surface area contributed by atoms with E-state index in [4.69, 9.17) is 9.47 Å². The molecular weight excluding hydrogens is 409 g/mol. The smallest absolute Gasteiger partial charge is 0.446 e. The molecule has 0 heterocycles. The van der Waals surface area contributed by atoms with Gasteiger partial charge in [0.25, 0.3) is 0 Å². The third-order valence-electron chi connectivity index (χ3n) is 3.03. The van der Waals surface area contributed by atoms with Crippen molar-refractivity contribution in [2.45, 2.75) is 69.2 Å². The van der Waals surface area contributed by atoms with Crippen LogP contribution in [0.3, 0.4) is 0 Å². The van der Waals surface area contributed by atoms with Crippen molar-refractivity contribution in [1.29, 1.82) is 0 Å². The predicted molar refractivity (Wildman–Crippen MR) is 106 cm³/mol. The zero-order valence-corrected chi connectivity index (χ0v) is 18.1. The normalized spacial score (nSPS) is 13.6. The molecule has 6 nitrogen and oxygen atoms in total. The number of benzene rings is 1. The number of hydrogen-bond donors (Lipinski definition) is 2. The second kappa shape index (κ2) is 9.71. The largest absolute Gasteiger partial charge is 0.458 e. The van der Waals surface area contributed by atoms with Crippen LogP contribution in [0.15, 0.2) is 29.2 Å². The van der Waals surface area contributed by atoms with Crippen LogP contribution in [0.1, 0.15) is 41.5 Å². The van der Waals surface area contributed by atoms with Crippen molar-refractivity contribution in [3.05, 3.63) is 24.3 Å². The Morgan fingerprint density at radius 3 is 2.00 bits per heavy atom. The number of hydrogen-bond acceptors (Lipinski definition) is 5. The number of nitrogens with one attached hydrogen (secondary N) is 2. The van der Waals surface area contributed by atoms with Gasteiger partial charge in [-0.25, -0.2) is 9.59 Å². The van der Waals surface area contributed by atoms with Gasteiger partial charge in [-0.3, -0.25) is 0 Å². The van der Waals surface area contributed by atoms with Crippen molar-refractivity contribution in [3.63, 3.8) is 0 Å². The number of halogens is 3. The summed E-state index contributed by atoms with van der Waals surface area (Å²) >= 11 is -0.249. The molecule has 0 aromatic heterocycles. The van der Waals surface area contributed by atoms with E-state index in [1.807, 2.05) is 0 Å². The first kappa shape index (κ1) is 25.1. The van der Waals surface area contributed by atoms with Crippen LogP contribution in [0.2, 0.25) is 0 Å². The van der Waals surface area contributed by atoms with Crippen molar-refractivity contribution in [2.75, 3.05) is 11.9 Å². The molecule has 0 radical (unpaired) electrons. The molecule has 0 bridgehead atoms. The van der Waals surface area contributed by atoms with Gasteiger partial charge in [-0.2, -0.15) is 13.2 Å². The van der Waals surface area contributed by atoms with E-state index in [9.17, 15) is 22.8 Å². The summed E-state index contributed by atoms with van der Waals surface area (Å²) in [6.45, 7) is 10.4. The monoisotopic (exact) mass is 436 g/mol. The Morgan fingerprint density at radius 1 is 1.00 bits per heavy atom. The Balaban J connectivity index is 2.76. The number of urea groups is 1. The van der Waals surface area contributed by atoms with E-state index >= 15 is 0 Å². The fourth-order valence-electron chi connectivity index (χ4n) is 1.94. The van der Waals surface area contributed by atoms with E-state index in [1.165, 1.54) is 24.3 Å². The molecule has 0 aliphatic heterocycles. The molecule has 1 unspecified atom stereocenters. The highest BCUT2D eigenvalue weighted by molar-refractivity contribution is 8.00. The molecule has 0 saturated carbocycles. The first-order valence-corrected chi connectivity index (χ1v) is 9.66. The van der Waals surface area contributed by atoms with Gasteiger partial charge in [-0.15, -0.1) is 0 Å². The molecule has 1 rings (SSSR count). The lowest BCUT2D eigenvalue weighted by molar-refractivity contribution is -0.160. The highest BCUT2D eigenvalue weighted by atomic mass is 32.2. The number of rotatable bonds is 6. The highest BCUT2D eigenvalue weighted by Crippen LogP contribution is 2.37. The van der Waals surface area contributed by atoms with Crippen LogP contribution in [0.5, 0.6) is 0 Å². The summed E-state index contributed by atoms with van der Waals surface area (Å²) in [5, 5.41) is 4.95. The molecule has 10 heteroatoms. The van der Waals surface area contributed by atoms with Crippen LogP contribution in [0, 0.1) is 0 Å². The predicted octanol–water partition coefficient (Wildman–Crippen LogP) is 4.95. The van der Waals surface area contributed by atoms with Crippen molar-refractivity contribution in [3.8, 4) is 0 Å². The summed E-state index contributed by atoms with van der Waals surface area (Å²) in [7, 11) is 0. The number of alkyl halides is 3. The zero-order chi connectivity index (χ0) is 22.5. The maximum absolute atomic E-state index is 12.4. The summed E-state index contributed by atoms with van der Waals surface area (Å²) in [6.07, 6.45) is 0. The number of amides is 2. The van der Waals surface area contributed by atoms with Crippen molar-refractivity contribution >= 4 is 29.4 Å². The fraction of sp³-hybridized carbons (Fsp3) is 0.579. The van der Waals surface area contributed by atoms with E-state index < -0.39 is 34.8 Å². The molecule has 0 saturated heterocycles. The molecule has 1 atom stereocenters. The summed E-state index contributed by atoms with van der Waals surface area (Å²) in [5.74, 6) is -0.658. The second-order valence-electron chi connectivity index (χ2n) is 8.18. The molecule has 164 valence electrons. The minimum Gasteiger partial charge on any atom is -0.458 e. The molecule has 1 aromatic rings. The summed E-state index contributed by atoms with van der Waals surface area (Å²) < 4.78 is 48.0. The SMILES string of the molecule is CC(C)(C)OCC(NC(=O)Nc1ccc(SC(F)(F)F)cc1)C(=O)OC(C)(C)C. The quantitative estimate of drug-likeness (QED) is 0.488. The number of carbonyl (C=O) groups is 2. The fourth-order valence-corrected chi connectivity index (χ4v) is 2.48. The van der Waals surface area contributed by atoms with Crippen LogP contribution >= 0.6 is 11.8 Å². The Hall–Kier alpha value is -1.94. The highest BCUT2D eigenvalue weighted by Gasteiger charge is 2.30. The second-order valence-corrected chi connectivity index (χ2v) is 9.32. The number of ether oxygens (including phenoxy) is 2. The Morgan fingerprint density at radius 2 is 1.55 bits per heavy atom. The van der Waals surface area contributed by atoms with Gasteiger partial charge in [0.15, 0.2) is 6.04 Å². The van der Waals surface area contributed by atoms with Gasteiger partial charge < -0.3 is 20.1 Å². The van der Waals surface area contributed by atoms with E-state index in [0.717, 1.165) is 0 Å². The molecule has 0 aliphatic rings. The van der Waals surface area contributed by atoms with Gasteiger partial charge in [0.2, 0.25) is 0 Å². The van der Waals surface area contributed by atoms with Crippen LogP contribution in [-0.2, 0) is 14.3 Å². The van der Waals surface area contributed by atoms with E-state index in [0.29, 0.717) is 0 Å². The third kappa shape index (κ3) is 11.6. The van der Waals surface area contributed by atoms with Crippen LogP contribution in [-0.4, -0.2) is 41.4 Å². The maximum atomic E-state index is 12.4. The Kier molecular flexibility index (Phi) is 8.40. The first-order valence-electron chi connectivity index (χ1n) is 8.84. The van der Waals surface area contributed by atoms with Crippen molar-refractivity contribution in [2.24, 2.45) is 0 Å². The van der Waals surface area contributed by atoms with Gasteiger partial charge in [-0.1, -0.05) is 0 Å². The summed E-state index contributed by atoms with van der Waals surface area (Å²) in [5.41, 5.74) is -5.40. The standard InChI is InChI=1S/C19H27F3N2O4S/c1-17(2,3)27-11-14(15(25)28-18(4,5)6)24-16(26)23-12-7-9-13(10-8-12)29-19(20,21)22/h7-10,14H,11H2,1-6H3,(H2,23,24,26). The van der Waals surface area contributed by atoms with E-state index in [1.54, 1.807) is 41.5 Å².